The van der Waals surface area contributed by atoms with Crippen molar-refractivity contribution in [3.63, 3.8) is 0 Å². The molecule has 0 heteroatoms. The maximum Gasteiger partial charge on any atom is -0.0398 e. The molecule has 0 saturated carbocycles. The minimum atomic E-state index is 1.32. The highest BCUT2D eigenvalue weighted by Crippen LogP contribution is 2.00. The van der Waals surface area contributed by atoms with Gasteiger partial charge < -0.3 is 0 Å². The highest BCUT2D eigenvalue weighted by molar-refractivity contribution is 5.12. The van der Waals surface area contributed by atoms with Gasteiger partial charge in [-0.25, -0.2) is 0 Å². The van der Waals surface area contributed by atoms with Crippen LogP contribution in [-0.4, -0.2) is 0 Å². The molecule has 0 amide bonds. The number of aryl methyl sites for hydroxylation is 2. The summed E-state index contributed by atoms with van der Waals surface area (Å²) in [4.78, 5) is 0. The number of unbranched alkanes of at least 4 members (excludes halogenated alkanes) is 4. The van der Waals surface area contributed by atoms with Crippen LogP contribution in [0.3, 0.4) is 0 Å². The molecule has 2 aromatic carbocycles. The zero-order chi connectivity index (χ0) is 15.8. The van der Waals surface area contributed by atoms with Crippen LogP contribution >= 0.6 is 0 Å². The molecule has 0 aliphatic heterocycles. The van der Waals surface area contributed by atoms with Gasteiger partial charge in [0.2, 0.25) is 0 Å². The number of rotatable bonds is 4. The Bertz CT molecular complexity index is 361. The fourth-order valence-electron chi connectivity index (χ4n) is 1.75. The van der Waals surface area contributed by atoms with Crippen molar-refractivity contribution in [3.8, 4) is 0 Å². The smallest absolute Gasteiger partial charge is 0.0398 e. The molecular formula is C21H32. The Labute approximate surface area is 132 Å². The minimum Gasteiger partial charge on any atom is -0.0654 e. The lowest BCUT2D eigenvalue weighted by Crippen LogP contribution is -1.70. The number of benzene rings is 2. The van der Waals surface area contributed by atoms with Crippen molar-refractivity contribution in [2.24, 2.45) is 0 Å². The summed E-state index contributed by atoms with van der Waals surface area (Å²) in [5.41, 5.74) is 2.64. The molecular weight excluding hydrogens is 252 g/mol. The summed E-state index contributed by atoms with van der Waals surface area (Å²) in [5.74, 6) is 0. The fraction of sp³-hybridized carbons (Fsp3) is 0.429. The maximum absolute atomic E-state index is 2.25. The largest absolute Gasteiger partial charge is 0.0654 e. The van der Waals surface area contributed by atoms with Crippen molar-refractivity contribution in [2.75, 3.05) is 0 Å². The minimum absolute atomic E-state index is 1.32. The average molecular weight is 284 g/mol. The SMILES string of the molecule is CCCCCCC.Cc1ccccc1.Cc1ccccc1. The van der Waals surface area contributed by atoms with Gasteiger partial charge in [-0.05, 0) is 13.8 Å². The summed E-state index contributed by atoms with van der Waals surface area (Å²) < 4.78 is 0. The van der Waals surface area contributed by atoms with Gasteiger partial charge in [-0.3, -0.25) is 0 Å². The third-order valence-corrected chi connectivity index (χ3v) is 3.09. The van der Waals surface area contributed by atoms with E-state index in [4.69, 9.17) is 0 Å². The Morgan fingerprint density at radius 2 is 0.857 bits per heavy atom. The molecule has 0 saturated heterocycles. The summed E-state index contributed by atoms with van der Waals surface area (Å²) in [5, 5.41) is 0. The second kappa shape index (κ2) is 14.8. The van der Waals surface area contributed by atoms with E-state index >= 15 is 0 Å². The van der Waals surface area contributed by atoms with Crippen LogP contribution in [0.4, 0.5) is 0 Å². The Hall–Kier alpha value is -1.56. The van der Waals surface area contributed by atoms with E-state index in [0.29, 0.717) is 0 Å². The molecule has 0 radical (unpaired) electrons. The summed E-state index contributed by atoms with van der Waals surface area (Å²) >= 11 is 0. The quantitative estimate of drug-likeness (QED) is 0.532. The molecule has 0 atom stereocenters. The van der Waals surface area contributed by atoms with Crippen LogP contribution in [0, 0.1) is 13.8 Å². The summed E-state index contributed by atoms with van der Waals surface area (Å²) in [6.45, 7) is 8.66. The van der Waals surface area contributed by atoms with Gasteiger partial charge in [-0.1, -0.05) is 118 Å². The van der Waals surface area contributed by atoms with E-state index in [2.05, 4.69) is 52.0 Å². The molecule has 0 unspecified atom stereocenters. The topological polar surface area (TPSA) is 0 Å². The second-order valence-electron chi connectivity index (χ2n) is 5.37. The highest BCUT2D eigenvalue weighted by atomic mass is 13.9. The first-order chi connectivity index (χ1) is 10.2. The van der Waals surface area contributed by atoms with E-state index < -0.39 is 0 Å². The van der Waals surface area contributed by atoms with Crippen molar-refractivity contribution in [2.45, 2.75) is 59.8 Å². The van der Waals surface area contributed by atoms with E-state index in [1.54, 1.807) is 0 Å². The fourth-order valence-corrected chi connectivity index (χ4v) is 1.75. The van der Waals surface area contributed by atoms with Crippen LogP contribution < -0.4 is 0 Å². The summed E-state index contributed by atoms with van der Waals surface area (Å²) in [7, 11) is 0. The van der Waals surface area contributed by atoms with E-state index in [1.165, 1.54) is 43.2 Å². The van der Waals surface area contributed by atoms with Gasteiger partial charge in [0.15, 0.2) is 0 Å². The zero-order valence-corrected chi connectivity index (χ0v) is 14.3. The second-order valence-corrected chi connectivity index (χ2v) is 5.37. The molecule has 0 N–H and O–H groups in total. The van der Waals surface area contributed by atoms with Crippen molar-refractivity contribution < 1.29 is 0 Å². The molecule has 21 heavy (non-hydrogen) atoms. The molecule has 0 aliphatic carbocycles. The maximum atomic E-state index is 2.25. The Balaban J connectivity index is 0.000000286. The van der Waals surface area contributed by atoms with Crippen molar-refractivity contribution >= 4 is 0 Å². The number of hydrogen-bond donors (Lipinski definition) is 0. The molecule has 0 aliphatic rings. The lowest BCUT2D eigenvalue weighted by atomic mass is 10.2. The van der Waals surface area contributed by atoms with Gasteiger partial charge in [0.25, 0.3) is 0 Å². The Kier molecular flexibility index (Phi) is 13.7. The number of hydrogen-bond acceptors (Lipinski definition) is 0. The van der Waals surface area contributed by atoms with Crippen LogP contribution in [0.1, 0.15) is 57.1 Å². The predicted octanol–water partition coefficient (Wildman–Crippen LogP) is 6.97. The van der Waals surface area contributed by atoms with Gasteiger partial charge >= 0.3 is 0 Å². The standard InChI is InChI=1S/2C7H8.C7H16/c2*1-7-5-3-2-4-6-7;1-3-5-7-6-4-2/h2*2-6H,1H3;3-7H2,1-2H3. The van der Waals surface area contributed by atoms with Gasteiger partial charge in [-0.2, -0.15) is 0 Å². The lowest BCUT2D eigenvalue weighted by Gasteiger charge is -1.90. The molecule has 0 bridgehead atoms. The Morgan fingerprint density at radius 1 is 0.524 bits per heavy atom. The third-order valence-electron chi connectivity index (χ3n) is 3.09. The Morgan fingerprint density at radius 3 is 1.05 bits per heavy atom. The van der Waals surface area contributed by atoms with Gasteiger partial charge in [0, 0.05) is 0 Å². The summed E-state index contributed by atoms with van der Waals surface area (Å²) in [6.07, 6.45) is 7.01. The zero-order valence-electron chi connectivity index (χ0n) is 14.3. The van der Waals surface area contributed by atoms with Crippen molar-refractivity contribution in [1.82, 2.24) is 0 Å². The van der Waals surface area contributed by atoms with Crippen LogP contribution in [0.15, 0.2) is 60.7 Å². The van der Waals surface area contributed by atoms with E-state index in [-0.39, 0.29) is 0 Å². The van der Waals surface area contributed by atoms with E-state index in [9.17, 15) is 0 Å². The highest BCUT2D eigenvalue weighted by Gasteiger charge is 1.80. The first kappa shape index (κ1) is 19.4. The van der Waals surface area contributed by atoms with Crippen molar-refractivity contribution in [1.29, 1.82) is 0 Å². The first-order valence-corrected chi connectivity index (χ1v) is 8.24. The molecule has 2 rings (SSSR count). The third kappa shape index (κ3) is 14.7. The molecule has 0 fully saturated rings. The molecule has 0 nitrogen and oxygen atoms in total. The van der Waals surface area contributed by atoms with Crippen LogP contribution in [-0.2, 0) is 0 Å². The molecule has 2 aromatic rings. The van der Waals surface area contributed by atoms with Crippen molar-refractivity contribution in [3.05, 3.63) is 71.8 Å². The van der Waals surface area contributed by atoms with Crippen LogP contribution in [0.25, 0.3) is 0 Å². The van der Waals surface area contributed by atoms with Gasteiger partial charge in [0.1, 0.15) is 0 Å². The normalized spacial score (nSPS) is 8.95. The van der Waals surface area contributed by atoms with Crippen LogP contribution in [0.2, 0.25) is 0 Å². The first-order valence-electron chi connectivity index (χ1n) is 8.24. The van der Waals surface area contributed by atoms with E-state index in [0.717, 1.165) is 0 Å². The van der Waals surface area contributed by atoms with Gasteiger partial charge in [0.05, 0.1) is 0 Å². The monoisotopic (exact) mass is 284 g/mol. The lowest BCUT2D eigenvalue weighted by molar-refractivity contribution is 0.656. The molecule has 0 heterocycles. The molecule has 116 valence electrons. The average Bonchev–Trinajstić information content (AvgIpc) is 2.51. The van der Waals surface area contributed by atoms with Gasteiger partial charge in [-0.15, -0.1) is 0 Å². The predicted molar refractivity (Wildman–Crippen MR) is 96.8 cm³/mol. The van der Waals surface area contributed by atoms with Crippen LogP contribution in [0.5, 0.6) is 0 Å². The summed E-state index contributed by atoms with van der Waals surface area (Å²) in [6, 6.07) is 20.5. The molecule has 0 aromatic heterocycles. The molecule has 0 spiro atoms. The van der Waals surface area contributed by atoms with E-state index in [1.807, 2.05) is 36.4 Å².